The Bertz CT molecular complexity index is 1140. The third kappa shape index (κ3) is 81.1. The monoisotopic (exact) mass is 1320 g/mol. The lowest BCUT2D eigenvalue weighted by Crippen LogP contribution is -2.27. The fourth-order valence-corrected chi connectivity index (χ4v) is 11.6. The number of aliphatic hydroxyl groups is 1. The molecule has 0 radical (unpaired) electrons. The summed E-state index contributed by atoms with van der Waals surface area (Å²) in [5, 5.41) is 17.9. The maximum atomic E-state index is 12.0. The predicted molar refractivity (Wildman–Crippen MR) is 424 cm³/mol. The average Bonchev–Trinajstić information content (AvgIpc) is 3.61. The Balaban J connectivity index is -0.0000000555. The summed E-state index contributed by atoms with van der Waals surface area (Å²) in [5.74, 6) is 6.80. The van der Waals surface area contributed by atoms with Gasteiger partial charge in [-0.3, -0.25) is 0 Å². The van der Waals surface area contributed by atoms with Gasteiger partial charge in [0.05, 0.1) is 23.6 Å². The van der Waals surface area contributed by atoms with Crippen molar-refractivity contribution in [2.75, 3.05) is 19.1 Å². The van der Waals surface area contributed by atoms with Gasteiger partial charge in [-0.25, -0.2) is 9.59 Å². The first-order valence-electron chi connectivity index (χ1n) is 36.6. The number of carboxylic acids is 1. The molecule has 0 aromatic carbocycles. The summed E-state index contributed by atoms with van der Waals surface area (Å²) in [7, 11) is 1.58. The largest absolute Gasteiger partial charge is 0.478 e. The van der Waals surface area contributed by atoms with Crippen molar-refractivity contribution in [3.8, 4) is 0 Å². The molecule has 89 heavy (non-hydrogen) atoms. The highest BCUT2D eigenvalue weighted by molar-refractivity contribution is 6.40. The molecule has 0 saturated heterocycles. The van der Waals surface area contributed by atoms with E-state index >= 15 is 0 Å². The molecule has 6 aliphatic carbocycles. The first-order chi connectivity index (χ1) is 40.5. The van der Waals surface area contributed by atoms with Crippen molar-refractivity contribution < 1.29 is 29.3 Å². The number of halogens is 2. The third-order valence-corrected chi connectivity index (χ3v) is 15.3. The van der Waals surface area contributed by atoms with E-state index in [2.05, 4.69) is 13.2 Å². The number of aliphatic carboxylic acids is 1. The number of methoxy groups -OCH3 is 1. The van der Waals surface area contributed by atoms with Crippen LogP contribution in [0.5, 0.6) is 0 Å². The van der Waals surface area contributed by atoms with E-state index in [9.17, 15) is 14.7 Å². The summed E-state index contributed by atoms with van der Waals surface area (Å²) in [6.45, 7) is 57.0. The molecule has 6 rings (SSSR count). The topological polar surface area (TPSA) is 93.1 Å². The molecule has 0 bridgehead atoms. The van der Waals surface area contributed by atoms with Crippen LogP contribution in [0, 0.1) is 47.3 Å². The van der Waals surface area contributed by atoms with Gasteiger partial charge < -0.3 is 19.7 Å². The lowest BCUT2D eigenvalue weighted by molar-refractivity contribution is -0.146. The summed E-state index contributed by atoms with van der Waals surface area (Å²) in [6.07, 6.45) is 42.8. The lowest BCUT2D eigenvalue weighted by Gasteiger charge is -2.35. The minimum Gasteiger partial charge on any atom is -0.478 e. The maximum absolute atomic E-state index is 12.0. The van der Waals surface area contributed by atoms with E-state index in [-0.39, 0.29) is 80.3 Å². The first-order valence-corrected chi connectivity index (χ1v) is 37.7. The van der Waals surface area contributed by atoms with E-state index < -0.39 is 5.97 Å². The minimum absolute atomic E-state index is 0. The highest BCUT2D eigenvalue weighted by Crippen LogP contribution is 2.42. The third-order valence-electron chi connectivity index (χ3n) is 15.3. The number of hydrogen-bond donors (Lipinski definition) is 2. The van der Waals surface area contributed by atoms with Crippen LogP contribution in [0.2, 0.25) is 0 Å². The second-order valence-electron chi connectivity index (χ2n) is 19.8. The van der Waals surface area contributed by atoms with E-state index in [1.807, 2.05) is 166 Å². The van der Waals surface area contributed by atoms with Crippen molar-refractivity contribution in [3.05, 3.63) is 24.3 Å². The molecule has 0 atom stereocenters. The number of rotatable bonds is 14. The van der Waals surface area contributed by atoms with Crippen LogP contribution in [0.3, 0.4) is 0 Å². The van der Waals surface area contributed by atoms with Crippen LogP contribution in [-0.4, -0.2) is 53.4 Å². The molecule has 6 nitrogen and oxygen atoms in total. The van der Waals surface area contributed by atoms with E-state index in [1.54, 1.807) is 20.5 Å². The number of aliphatic hydroxyl groups excluding tert-OH is 1. The van der Waals surface area contributed by atoms with Crippen LogP contribution >= 0.6 is 23.2 Å². The molecule has 2 N–H and O–H groups in total. The van der Waals surface area contributed by atoms with Crippen molar-refractivity contribution >= 4 is 35.1 Å². The quantitative estimate of drug-likeness (QED) is 0.102. The Morgan fingerprint density at radius 3 is 0.764 bits per heavy atom. The highest BCUT2D eigenvalue weighted by Gasteiger charge is 2.31. The summed E-state index contributed by atoms with van der Waals surface area (Å²) in [4.78, 5) is 21.8. The van der Waals surface area contributed by atoms with Gasteiger partial charge in [0.15, 0.2) is 0 Å². The molecule has 0 heterocycles. The molecule has 0 unspecified atom stereocenters. The van der Waals surface area contributed by atoms with Gasteiger partial charge in [0.1, 0.15) is 6.10 Å². The van der Waals surface area contributed by atoms with Gasteiger partial charge in [-0.05, 0) is 131 Å². The normalized spacial score (nSPS) is 21.0. The lowest BCUT2D eigenvalue weighted by atomic mass is 9.72. The van der Waals surface area contributed by atoms with Gasteiger partial charge >= 0.3 is 11.9 Å². The first kappa shape index (κ1) is 128. The molecule has 0 spiro atoms. The van der Waals surface area contributed by atoms with Gasteiger partial charge in [-0.1, -0.05) is 346 Å². The van der Waals surface area contributed by atoms with Crippen LogP contribution in [0.15, 0.2) is 24.3 Å². The van der Waals surface area contributed by atoms with Crippen molar-refractivity contribution in [2.45, 2.75) is 429 Å². The Labute approximate surface area is 580 Å². The zero-order valence-electron chi connectivity index (χ0n) is 61.8. The van der Waals surface area contributed by atoms with Crippen LogP contribution in [-0.2, 0) is 19.1 Å². The fraction of sp³-hybridized carbons (Fsp3) is 0.926. The molecule has 0 aromatic rings. The zero-order valence-corrected chi connectivity index (χ0v) is 63.3. The summed E-state index contributed by atoms with van der Waals surface area (Å²) >= 11 is 9.53. The number of hydrogen-bond acceptors (Lipinski definition) is 5. The van der Waals surface area contributed by atoms with Gasteiger partial charge in [0.25, 0.3) is 0 Å². The summed E-state index contributed by atoms with van der Waals surface area (Å²) < 4.78 is 10.6. The second kappa shape index (κ2) is 111. The molecule has 6 fully saturated rings. The van der Waals surface area contributed by atoms with Crippen molar-refractivity contribution in [3.63, 3.8) is 0 Å². The average molecular weight is 1330 g/mol. The van der Waals surface area contributed by atoms with Gasteiger partial charge in [0, 0.05) is 12.7 Å². The number of ether oxygens (including phenoxy) is 2. The molecule has 0 amide bonds. The predicted octanol–water partition coefficient (Wildman–Crippen LogP) is 30.8. The Hall–Kier alpha value is -1.08. The zero-order chi connectivity index (χ0) is 66.8. The smallest absolute Gasteiger partial charge is 0.336 e. The fourth-order valence-electron chi connectivity index (χ4n) is 11.6. The SMILES string of the molecule is C.C.C.C.C.C.C=C(CC)C(=O)O.C=C(COC)C(=O)OC1CCC(CC2CCC(CC3CCCCC3)CC2)CC1.CC.CC.CC.CC.CC.CC.CC.CC.CC.CC.CC.CC.ClCCl.OC1CCC(CC2CCC(CC3CCCCC3)CC2)CC1. The molecular weight excluding hydrogens is 1140 g/mol. The highest BCUT2D eigenvalue weighted by atomic mass is 35.5. The van der Waals surface area contributed by atoms with Crippen LogP contribution in [0.25, 0.3) is 0 Å². The summed E-state index contributed by atoms with van der Waals surface area (Å²) in [5.41, 5.74) is 0.689. The molecule has 558 valence electrons. The Morgan fingerprint density at radius 2 is 0.573 bits per heavy atom. The van der Waals surface area contributed by atoms with Gasteiger partial charge in [0.2, 0.25) is 0 Å². The number of esters is 1. The number of carboxylic acid groups (broad SMARTS) is 1. The maximum Gasteiger partial charge on any atom is 0.336 e. The van der Waals surface area contributed by atoms with E-state index in [4.69, 9.17) is 37.8 Å². The molecule has 6 aliphatic rings. The standard InChI is InChI=1S/C25H42O3.C20H36O.C5H8O2.12C2H6.CH2Cl2.6CH4/c1-19(18-27-2)25(26)28-24-14-12-23(13-15-24)17-22-10-8-21(9-11-22)16-20-6-4-3-5-7-20;21-20-12-10-19(11-13-20)15-18-8-6-17(7-9-18)14-16-4-2-1-3-5-16;1-3-4(2)5(6)7;12*1-2;2-1-3;;;;;;/h20-24H,1,3-18H2,2H3;16-21H,1-15H2;2-3H2,1H3,(H,6,7);12*1-2H3;1H2;6*1H4. The number of alkyl halides is 2. The van der Waals surface area contributed by atoms with Gasteiger partial charge in [-0.2, -0.15) is 0 Å². The number of carbonyl (C=O) groups is 2. The molecule has 8 heteroatoms. The minimum atomic E-state index is -0.900. The van der Waals surface area contributed by atoms with E-state index in [0.29, 0.717) is 12.0 Å². The van der Waals surface area contributed by atoms with Crippen molar-refractivity contribution in [1.82, 2.24) is 0 Å². The van der Waals surface area contributed by atoms with Crippen molar-refractivity contribution in [1.29, 1.82) is 0 Å². The van der Waals surface area contributed by atoms with Crippen LogP contribution < -0.4 is 0 Å². The van der Waals surface area contributed by atoms with E-state index in [0.717, 1.165) is 73.0 Å². The molecular formula is C81H184Cl2O6. The Morgan fingerprint density at radius 1 is 0.371 bits per heavy atom. The second-order valence-corrected chi connectivity index (χ2v) is 20.7. The number of carbonyl (C=O) groups excluding carboxylic acids is 1. The Kier molecular flexibility index (Phi) is 161. The van der Waals surface area contributed by atoms with Gasteiger partial charge in [-0.15, -0.1) is 23.2 Å². The van der Waals surface area contributed by atoms with E-state index in [1.165, 1.54) is 161 Å². The van der Waals surface area contributed by atoms with Crippen LogP contribution in [0.4, 0.5) is 0 Å². The molecule has 6 saturated carbocycles. The summed E-state index contributed by atoms with van der Waals surface area (Å²) in [6, 6.07) is 0. The van der Waals surface area contributed by atoms with Crippen molar-refractivity contribution in [2.24, 2.45) is 47.3 Å². The molecule has 0 aromatic heterocycles. The molecule has 0 aliphatic heterocycles. The van der Waals surface area contributed by atoms with Crippen LogP contribution in [0.1, 0.15) is 417 Å².